The summed E-state index contributed by atoms with van der Waals surface area (Å²) in [4.78, 5) is 23.7. The highest BCUT2D eigenvalue weighted by atomic mass is 35.5. The number of benzene rings is 2. The molecule has 24 heavy (non-hydrogen) atoms. The van der Waals surface area contributed by atoms with E-state index in [9.17, 15) is 18.4 Å². The summed E-state index contributed by atoms with van der Waals surface area (Å²) in [6.07, 6.45) is 0. The number of hydrogen-bond donors (Lipinski definition) is 2. The van der Waals surface area contributed by atoms with Crippen LogP contribution in [0.4, 0.5) is 8.78 Å². The molecule has 4 nitrogen and oxygen atoms in total. The van der Waals surface area contributed by atoms with E-state index in [-0.39, 0.29) is 29.2 Å². The van der Waals surface area contributed by atoms with E-state index >= 15 is 0 Å². The molecule has 0 aliphatic heterocycles. The number of amides is 2. The molecule has 0 radical (unpaired) electrons. The molecule has 0 aliphatic rings. The Morgan fingerprint density at radius 1 is 0.875 bits per heavy atom. The highest BCUT2D eigenvalue weighted by Gasteiger charge is 2.13. The highest BCUT2D eigenvalue weighted by molar-refractivity contribution is 6.35. The van der Waals surface area contributed by atoms with Gasteiger partial charge in [-0.2, -0.15) is 0 Å². The van der Waals surface area contributed by atoms with E-state index < -0.39 is 23.4 Å². The van der Waals surface area contributed by atoms with Gasteiger partial charge in [-0.05, 0) is 30.3 Å². The van der Waals surface area contributed by atoms with Crippen molar-refractivity contribution in [3.8, 4) is 0 Å². The summed E-state index contributed by atoms with van der Waals surface area (Å²) >= 11 is 11.7. The van der Waals surface area contributed by atoms with Gasteiger partial charge < -0.3 is 10.6 Å². The normalized spacial score (nSPS) is 10.3. The van der Waals surface area contributed by atoms with Gasteiger partial charge in [-0.1, -0.05) is 23.2 Å². The first-order valence-corrected chi connectivity index (χ1v) is 7.60. The van der Waals surface area contributed by atoms with Crippen molar-refractivity contribution < 1.29 is 18.4 Å². The van der Waals surface area contributed by atoms with Gasteiger partial charge in [0.25, 0.3) is 11.8 Å². The van der Waals surface area contributed by atoms with Crippen molar-refractivity contribution in [2.24, 2.45) is 0 Å². The third kappa shape index (κ3) is 4.66. The molecule has 0 fully saturated rings. The highest BCUT2D eigenvalue weighted by Crippen LogP contribution is 2.20. The van der Waals surface area contributed by atoms with Gasteiger partial charge in [-0.15, -0.1) is 0 Å². The van der Waals surface area contributed by atoms with E-state index in [0.29, 0.717) is 11.1 Å². The Kier molecular flexibility index (Phi) is 6.11. The monoisotopic (exact) mass is 372 g/mol. The van der Waals surface area contributed by atoms with Crippen molar-refractivity contribution in [3.05, 3.63) is 69.2 Å². The third-order valence-corrected chi connectivity index (χ3v) is 3.61. The maximum Gasteiger partial charge on any atom is 0.254 e. The Morgan fingerprint density at radius 3 is 2.12 bits per heavy atom. The van der Waals surface area contributed by atoms with Gasteiger partial charge in [0.2, 0.25) is 0 Å². The predicted molar refractivity (Wildman–Crippen MR) is 87.5 cm³/mol. The number of rotatable bonds is 5. The molecule has 126 valence electrons. The molecule has 2 aromatic carbocycles. The summed E-state index contributed by atoms with van der Waals surface area (Å²) in [7, 11) is 0. The number of hydrogen-bond acceptors (Lipinski definition) is 2. The SMILES string of the molecule is O=C(NCCNC(=O)c1cc(Cl)ccc1Cl)c1ccc(F)cc1F. The second kappa shape index (κ2) is 8.08. The van der Waals surface area contributed by atoms with E-state index in [2.05, 4.69) is 10.6 Å². The molecule has 0 saturated heterocycles. The standard InChI is InChI=1S/C16H12Cl2F2N2O2/c17-9-1-4-13(18)12(7-9)16(24)22-6-5-21-15(23)11-3-2-10(19)8-14(11)20/h1-4,7-8H,5-6H2,(H,21,23)(H,22,24). The van der Waals surface area contributed by atoms with Gasteiger partial charge >= 0.3 is 0 Å². The van der Waals surface area contributed by atoms with Crippen molar-refractivity contribution in [1.82, 2.24) is 10.6 Å². The zero-order valence-corrected chi connectivity index (χ0v) is 13.7. The number of carbonyl (C=O) groups excluding carboxylic acids is 2. The molecule has 0 atom stereocenters. The minimum atomic E-state index is -0.956. The van der Waals surface area contributed by atoms with Crippen LogP contribution in [0, 0.1) is 11.6 Å². The average Bonchev–Trinajstić information content (AvgIpc) is 2.53. The lowest BCUT2D eigenvalue weighted by atomic mass is 10.2. The molecule has 0 heterocycles. The van der Waals surface area contributed by atoms with Crippen molar-refractivity contribution in [2.75, 3.05) is 13.1 Å². The molecule has 2 aromatic rings. The van der Waals surface area contributed by atoms with Crippen LogP contribution >= 0.6 is 23.2 Å². The maximum atomic E-state index is 13.4. The summed E-state index contributed by atoms with van der Waals surface area (Å²) in [6, 6.07) is 7.13. The van der Waals surface area contributed by atoms with Gasteiger partial charge in [0, 0.05) is 24.2 Å². The Morgan fingerprint density at radius 2 is 1.50 bits per heavy atom. The first kappa shape index (κ1) is 18.2. The van der Waals surface area contributed by atoms with Crippen molar-refractivity contribution in [3.63, 3.8) is 0 Å². The molecule has 0 spiro atoms. The molecule has 0 aliphatic carbocycles. The molecular weight excluding hydrogens is 361 g/mol. The predicted octanol–water partition coefficient (Wildman–Crippen LogP) is 3.43. The Hall–Kier alpha value is -2.18. The van der Waals surface area contributed by atoms with Crippen LogP contribution in [0.15, 0.2) is 36.4 Å². The Bertz CT molecular complexity index is 785. The fourth-order valence-corrected chi connectivity index (χ4v) is 2.26. The Balaban J connectivity index is 1.85. The molecule has 0 aromatic heterocycles. The molecule has 0 bridgehead atoms. The van der Waals surface area contributed by atoms with Crippen LogP contribution in [0.3, 0.4) is 0 Å². The molecule has 0 unspecified atom stereocenters. The molecule has 8 heteroatoms. The molecule has 2 rings (SSSR count). The summed E-state index contributed by atoms with van der Waals surface area (Å²) in [5, 5.41) is 5.57. The first-order chi connectivity index (χ1) is 11.4. The minimum absolute atomic E-state index is 0.0551. The quantitative estimate of drug-likeness (QED) is 0.789. The summed E-state index contributed by atoms with van der Waals surface area (Å²) < 4.78 is 26.2. The van der Waals surface area contributed by atoms with Crippen LogP contribution in [0.1, 0.15) is 20.7 Å². The minimum Gasteiger partial charge on any atom is -0.350 e. The van der Waals surface area contributed by atoms with E-state index in [1.54, 1.807) is 6.07 Å². The van der Waals surface area contributed by atoms with Crippen LogP contribution in [0.5, 0.6) is 0 Å². The zero-order chi connectivity index (χ0) is 17.7. The summed E-state index contributed by atoms with van der Waals surface area (Å²) in [5.74, 6) is -2.88. The van der Waals surface area contributed by atoms with E-state index in [1.165, 1.54) is 12.1 Å². The lowest BCUT2D eigenvalue weighted by Crippen LogP contribution is -2.35. The van der Waals surface area contributed by atoms with Crippen LogP contribution in [-0.4, -0.2) is 24.9 Å². The summed E-state index contributed by atoms with van der Waals surface area (Å²) in [6.45, 7) is 0.149. The smallest absolute Gasteiger partial charge is 0.254 e. The zero-order valence-electron chi connectivity index (χ0n) is 12.2. The van der Waals surface area contributed by atoms with Gasteiger partial charge in [0.05, 0.1) is 16.1 Å². The van der Waals surface area contributed by atoms with Crippen molar-refractivity contribution in [2.45, 2.75) is 0 Å². The molecule has 0 saturated carbocycles. The second-order valence-corrected chi connectivity index (χ2v) is 5.60. The molecular formula is C16H12Cl2F2N2O2. The first-order valence-electron chi connectivity index (χ1n) is 6.85. The average molecular weight is 373 g/mol. The lowest BCUT2D eigenvalue weighted by Gasteiger charge is -2.09. The van der Waals surface area contributed by atoms with Gasteiger partial charge in [0.1, 0.15) is 11.6 Å². The van der Waals surface area contributed by atoms with Crippen LogP contribution in [0.25, 0.3) is 0 Å². The molecule has 2 N–H and O–H groups in total. The van der Waals surface area contributed by atoms with Crippen molar-refractivity contribution in [1.29, 1.82) is 0 Å². The van der Waals surface area contributed by atoms with E-state index in [4.69, 9.17) is 23.2 Å². The van der Waals surface area contributed by atoms with Crippen LogP contribution < -0.4 is 10.6 Å². The second-order valence-electron chi connectivity index (χ2n) is 4.76. The maximum absolute atomic E-state index is 13.4. The van der Waals surface area contributed by atoms with Gasteiger partial charge in [0.15, 0.2) is 0 Å². The lowest BCUT2D eigenvalue weighted by molar-refractivity contribution is 0.0925. The van der Waals surface area contributed by atoms with Gasteiger partial charge in [-0.25, -0.2) is 8.78 Å². The van der Waals surface area contributed by atoms with Crippen LogP contribution in [0.2, 0.25) is 10.0 Å². The number of nitrogens with one attached hydrogen (secondary N) is 2. The topological polar surface area (TPSA) is 58.2 Å². The van der Waals surface area contributed by atoms with E-state index in [1.807, 2.05) is 0 Å². The third-order valence-electron chi connectivity index (χ3n) is 3.04. The fraction of sp³-hybridized carbons (Fsp3) is 0.125. The van der Waals surface area contributed by atoms with Crippen LogP contribution in [-0.2, 0) is 0 Å². The number of halogens is 4. The molecule has 2 amide bonds. The Labute approximate surface area is 146 Å². The number of carbonyl (C=O) groups is 2. The van der Waals surface area contributed by atoms with Crippen molar-refractivity contribution >= 4 is 35.0 Å². The fourth-order valence-electron chi connectivity index (χ4n) is 1.89. The van der Waals surface area contributed by atoms with E-state index in [0.717, 1.165) is 12.1 Å². The van der Waals surface area contributed by atoms with Gasteiger partial charge in [-0.3, -0.25) is 9.59 Å². The summed E-state index contributed by atoms with van der Waals surface area (Å²) in [5.41, 5.74) is -0.0688. The largest absolute Gasteiger partial charge is 0.350 e.